The predicted molar refractivity (Wildman–Crippen MR) is 168 cm³/mol. The molecule has 0 saturated heterocycles. The molecule has 0 spiro atoms. The van der Waals surface area contributed by atoms with Crippen LogP contribution in [0.25, 0.3) is 0 Å². The molecule has 0 bridgehead atoms. The van der Waals surface area contributed by atoms with E-state index in [2.05, 4.69) is 46.4 Å². The molecule has 4 unspecified atom stereocenters. The molecule has 0 saturated carbocycles. The summed E-state index contributed by atoms with van der Waals surface area (Å²) in [5, 5.41) is 39.8. The molecule has 224 valence electrons. The lowest BCUT2D eigenvalue weighted by Gasteiger charge is -2.32. The van der Waals surface area contributed by atoms with Gasteiger partial charge in [-0.25, -0.2) is 0 Å². The van der Waals surface area contributed by atoms with Crippen LogP contribution < -0.4 is 0 Å². The van der Waals surface area contributed by atoms with Gasteiger partial charge in [0.15, 0.2) is 0 Å². The summed E-state index contributed by atoms with van der Waals surface area (Å²) in [7, 11) is -2.17. The van der Waals surface area contributed by atoms with Crippen molar-refractivity contribution in [1.82, 2.24) is 4.90 Å². The smallest absolute Gasteiger partial charge is 0.402 e. The summed E-state index contributed by atoms with van der Waals surface area (Å²) >= 11 is 7.38. The first-order valence-corrected chi connectivity index (χ1v) is 16.2. The third kappa shape index (κ3) is 30.5. The van der Waals surface area contributed by atoms with Gasteiger partial charge in [0, 0.05) is 25.4 Å². The molecule has 0 aliphatic heterocycles. The van der Waals surface area contributed by atoms with Gasteiger partial charge in [-0.15, -0.1) is 0 Å². The molecule has 9 heteroatoms. The van der Waals surface area contributed by atoms with Crippen LogP contribution >= 0.6 is 24.0 Å². The summed E-state index contributed by atoms with van der Waals surface area (Å²) in [6.07, 6.45) is 14.8. The zero-order valence-electron chi connectivity index (χ0n) is 25.2. The quantitative estimate of drug-likeness (QED) is 0.0920. The number of hydrogen-bond acceptors (Lipinski definition) is 7. The number of unbranched alkanes of at least 4 members (excludes halogenated alkanes) is 3. The van der Waals surface area contributed by atoms with Gasteiger partial charge in [-0.05, 0) is 43.9 Å². The molecule has 5 N–H and O–H groups in total. The predicted octanol–water partition coefficient (Wildman–Crippen LogP) is 6.26. The SMILES string of the molecule is CCCCC(CC)CN(CC(CC)CCCC)C(=S)SCC(C)O.CCCCC(CC)CO.OB(O)O. The highest BCUT2D eigenvalue weighted by Crippen LogP contribution is 2.22. The van der Waals surface area contributed by atoms with Gasteiger partial charge in [-0.3, -0.25) is 0 Å². The zero-order valence-corrected chi connectivity index (χ0v) is 26.8. The molecular formula is C28H62BNO5S2. The molecule has 0 aliphatic rings. The topological polar surface area (TPSA) is 104 Å². The van der Waals surface area contributed by atoms with Gasteiger partial charge in [-0.1, -0.05) is 123 Å². The first-order chi connectivity index (χ1) is 17.6. The second kappa shape index (κ2) is 30.6. The van der Waals surface area contributed by atoms with Crippen molar-refractivity contribution in [3.63, 3.8) is 0 Å². The molecule has 0 aromatic rings. The molecule has 4 atom stereocenters. The summed E-state index contributed by atoms with van der Waals surface area (Å²) in [6.45, 7) is 17.9. The Hall–Kier alpha value is 0.105. The molecule has 6 nitrogen and oxygen atoms in total. The highest BCUT2D eigenvalue weighted by atomic mass is 32.2. The molecule has 0 radical (unpaired) electrons. The normalized spacial score (nSPS) is 13.8. The van der Waals surface area contributed by atoms with Gasteiger partial charge < -0.3 is 30.2 Å². The fourth-order valence-electron chi connectivity index (χ4n) is 3.88. The average molecular weight is 568 g/mol. The molecule has 0 rings (SSSR count). The minimum absolute atomic E-state index is 0.293. The molecule has 0 aromatic carbocycles. The van der Waals surface area contributed by atoms with E-state index in [0.29, 0.717) is 18.3 Å². The highest BCUT2D eigenvalue weighted by Gasteiger charge is 2.19. The molecule has 0 aliphatic carbocycles. The Kier molecular flexibility index (Phi) is 34.4. The maximum atomic E-state index is 9.57. The third-order valence-electron chi connectivity index (χ3n) is 6.55. The van der Waals surface area contributed by atoms with E-state index in [1.807, 2.05) is 6.92 Å². The van der Waals surface area contributed by atoms with E-state index in [-0.39, 0.29) is 6.10 Å². The number of aliphatic hydroxyl groups is 2. The van der Waals surface area contributed by atoms with Gasteiger partial charge in [0.1, 0.15) is 4.32 Å². The van der Waals surface area contributed by atoms with E-state index in [1.165, 1.54) is 70.6 Å². The molecule has 0 aromatic heterocycles. The van der Waals surface area contributed by atoms with E-state index in [0.717, 1.165) is 35.7 Å². The Morgan fingerprint density at radius 1 is 0.757 bits per heavy atom. The van der Waals surface area contributed by atoms with E-state index >= 15 is 0 Å². The summed E-state index contributed by atoms with van der Waals surface area (Å²) < 4.78 is 0.987. The van der Waals surface area contributed by atoms with Gasteiger partial charge >= 0.3 is 7.32 Å². The lowest BCUT2D eigenvalue weighted by atomic mass is 9.96. The number of rotatable bonds is 19. The maximum Gasteiger partial charge on any atom is 0.631 e. The van der Waals surface area contributed by atoms with Crippen molar-refractivity contribution in [2.45, 2.75) is 132 Å². The van der Waals surface area contributed by atoms with Crippen molar-refractivity contribution >= 4 is 35.6 Å². The van der Waals surface area contributed by atoms with Crippen LogP contribution in [0.1, 0.15) is 126 Å². The van der Waals surface area contributed by atoms with E-state index < -0.39 is 7.32 Å². The van der Waals surface area contributed by atoms with Crippen LogP contribution in [-0.4, -0.2) is 73.4 Å². The number of thioether (sulfide) groups is 1. The van der Waals surface area contributed by atoms with Crippen molar-refractivity contribution in [1.29, 1.82) is 0 Å². The van der Waals surface area contributed by atoms with Gasteiger partial charge in [-0.2, -0.15) is 0 Å². The fraction of sp³-hybridized carbons (Fsp3) is 0.964. The molecule has 0 amide bonds. The maximum absolute atomic E-state index is 9.57. The number of hydrogen-bond donors (Lipinski definition) is 5. The van der Waals surface area contributed by atoms with Crippen LogP contribution in [0, 0.1) is 17.8 Å². The first-order valence-electron chi connectivity index (χ1n) is 14.8. The van der Waals surface area contributed by atoms with E-state index in [4.69, 9.17) is 32.4 Å². The Balaban J connectivity index is -0.000000730. The lowest BCUT2D eigenvalue weighted by Crippen LogP contribution is -2.37. The Bertz CT molecular complexity index is 451. The van der Waals surface area contributed by atoms with Crippen LogP contribution in [0.4, 0.5) is 0 Å². The van der Waals surface area contributed by atoms with Crippen LogP contribution in [-0.2, 0) is 0 Å². The van der Waals surface area contributed by atoms with Crippen molar-refractivity contribution in [2.75, 3.05) is 25.4 Å². The van der Waals surface area contributed by atoms with Crippen LogP contribution in [0.2, 0.25) is 0 Å². The van der Waals surface area contributed by atoms with Crippen molar-refractivity contribution in [3.8, 4) is 0 Å². The Labute approximate surface area is 240 Å². The summed E-state index contributed by atoms with van der Waals surface area (Å²) in [5.74, 6) is 2.73. The fourth-order valence-corrected chi connectivity index (χ4v) is 4.95. The average Bonchev–Trinajstić information content (AvgIpc) is 2.87. The second-order valence-corrected chi connectivity index (χ2v) is 11.8. The first kappa shape index (κ1) is 41.6. The van der Waals surface area contributed by atoms with Crippen LogP contribution in [0.5, 0.6) is 0 Å². The monoisotopic (exact) mass is 567 g/mol. The highest BCUT2D eigenvalue weighted by molar-refractivity contribution is 8.22. The van der Waals surface area contributed by atoms with E-state index in [9.17, 15) is 5.11 Å². The van der Waals surface area contributed by atoms with E-state index in [1.54, 1.807) is 11.8 Å². The minimum Gasteiger partial charge on any atom is -0.402 e. The van der Waals surface area contributed by atoms with Crippen molar-refractivity contribution in [3.05, 3.63) is 0 Å². The molecule has 0 fully saturated rings. The summed E-state index contributed by atoms with van der Waals surface area (Å²) in [5.41, 5.74) is 0. The number of nitrogens with zero attached hydrogens (tertiary/aromatic N) is 1. The standard InChI is InChI=1S/C20H41NOS2.C8H18O.BH3O3/c1-6-10-12-18(8-3)14-21(20(23)24-16-17(5)22)15-19(9-4)13-11-7-2;1-3-5-6-8(4-2)7-9;2-1(3)4/h17-19,22H,6-16H2,1-5H3;8-9H,3-7H2,1-2H3;2-4H. The van der Waals surface area contributed by atoms with Gasteiger partial charge in [0.05, 0.1) is 6.10 Å². The number of thiocarbonyl (C=S) groups is 1. The lowest BCUT2D eigenvalue weighted by molar-refractivity contribution is 0.212. The minimum atomic E-state index is -2.17. The molecule has 0 heterocycles. The van der Waals surface area contributed by atoms with Crippen molar-refractivity contribution in [2.24, 2.45) is 17.8 Å². The second-order valence-electron chi connectivity index (χ2n) is 10.1. The number of aliphatic hydroxyl groups excluding tert-OH is 2. The summed E-state index contributed by atoms with van der Waals surface area (Å²) in [6, 6.07) is 0. The molecule has 37 heavy (non-hydrogen) atoms. The Morgan fingerprint density at radius 3 is 1.38 bits per heavy atom. The van der Waals surface area contributed by atoms with Crippen LogP contribution in [0.3, 0.4) is 0 Å². The Morgan fingerprint density at radius 2 is 1.11 bits per heavy atom. The van der Waals surface area contributed by atoms with Crippen LogP contribution in [0.15, 0.2) is 0 Å². The van der Waals surface area contributed by atoms with Crippen molar-refractivity contribution < 1.29 is 25.3 Å². The van der Waals surface area contributed by atoms with Gasteiger partial charge in [0.2, 0.25) is 0 Å². The third-order valence-corrected chi connectivity index (χ3v) is 8.32. The summed E-state index contributed by atoms with van der Waals surface area (Å²) in [4.78, 5) is 2.45. The largest absolute Gasteiger partial charge is 0.631 e. The van der Waals surface area contributed by atoms with Gasteiger partial charge in [0.25, 0.3) is 0 Å². The zero-order chi connectivity index (χ0) is 29.1. The molecular weight excluding hydrogens is 505 g/mol.